The zero-order valence-electron chi connectivity index (χ0n) is 6.04. The summed E-state index contributed by atoms with van der Waals surface area (Å²) in [6.45, 7) is 0. The lowest BCUT2D eigenvalue weighted by Crippen LogP contribution is -2.26. The molecule has 0 aliphatic carbocycles. The smallest absolute Gasteiger partial charge is 0.174 e. The molecule has 0 N–H and O–H groups in total. The van der Waals surface area contributed by atoms with Crippen molar-refractivity contribution >= 4 is 33.2 Å². The first-order valence-corrected chi connectivity index (χ1v) is 4.51. The molecule has 3 heteroatoms. The maximum absolute atomic E-state index is 5.93. The molecule has 11 heavy (non-hydrogen) atoms. The lowest BCUT2D eigenvalue weighted by Gasteiger charge is -1.81. The topological polar surface area (TPSA) is 3.88 Å². The first kappa shape index (κ1) is 7.07. The van der Waals surface area contributed by atoms with Crippen molar-refractivity contribution in [1.29, 1.82) is 0 Å². The highest BCUT2D eigenvalue weighted by Gasteiger charge is 2.12. The second-order valence-electron chi connectivity index (χ2n) is 2.38. The molecule has 2 aromatic rings. The van der Waals surface area contributed by atoms with Crippen LogP contribution >= 0.6 is 22.9 Å². The Labute approximate surface area is 73.9 Å². The molecule has 56 valence electrons. The van der Waals surface area contributed by atoms with Crippen molar-refractivity contribution < 1.29 is 4.57 Å². The van der Waals surface area contributed by atoms with Crippen LogP contribution in [0.4, 0.5) is 0 Å². The van der Waals surface area contributed by atoms with Gasteiger partial charge in [0, 0.05) is 17.7 Å². The van der Waals surface area contributed by atoms with Crippen molar-refractivity contribution in [3.05, 3.63) is 28.7 Å². The van der Waals surface area contributed by atoms with E-state index in [4.69, 9.17) is 11.6 Å². The van der Waals surface area contributed by atoms with Crippen molar-refractivity contribution in [1.82, 2.24) is 0 Å². The number of hydrogen-bond acceptors (Lipinski definition) is 1. The summed E-state index contributed by atoms with van der Waals surface area (Å²) in [7, 11) is 1.97. The fourth-order valence-electron chi connectivity index (χ4n) is 1.07. The van der Waals surface area contributed by atoms with E-state index in [-0.39, 0.29) is 0 Å². The third kappa shape index (κ3) is 1.03. The van der Waals surface area contributed by atoms with E-state index < -0.39 is 0 Å². The van der Waals surface area contributed by atoms with Crippen LogP contribution in [0.25, 0.3) is 10.2 Å². The van der Waals surface area contributed by atoms with Gasteiger partial charge in [-0.05, 0) is 17.4 Å². The SMILES string of the molecule is C[n+]1c(Cl)sc2ccccc21. The molecule has 0 bridgehead atoms. The summed E-state index contributed by atoms with van der Waals surface area (Å²) in [5.41, 5.74) is 1.20. The van der Waals surface area contributed by atoms with Crippen LogP contribution in [0.2, 0.25) is 4.47 Å². The van der Waals surface area contributed by atoms with Crippen molar-refractivity contribution in [3.63, 3.8) is 0 Å². The van der Waals surface area contributed by atoms with E-state index in [0.717, 1.165) is 4.47 Å². The van der Waals surface area contributed by atoms with E-state index >= 15 is 0 Å². The molecule has 1 aromatic carbocycles. The fourth-order valence-corrected chi connectivity index (χ4v) is 2.29. The molecule has 1 aromatic heterocycles. The average Bonchev–Trinajstić information content (AvgIpc) is 2.30. The van der Waals surface area contributed by atoms with Crippen molar-refractivity contribution in [2.75, 3.05) is 0 Å². The van der Waals surface area contributed by atoms with Crippen LogP contribution in [0.1, 0.15) is 0 Å². The predicted molar refractivity (Wildman–Crippen MR) is 48.0 cm³/mol. The molecule has 2 rings (SSSR count). The summed E-state index contributed by atoms with van der Waals surface area (Å²) in [6, 6.07) is 8.18. The fraction of sp³-hybridized carbons (Fsp3) is 0.125. The summed E-state index contributed by atoms with van der Waals surface area (Å²) in [5.74, 6) is 0. The van der Waals surface area contributed by atoms with Crippen LogP contribution < -0.4 is 4.57 Å². The highest BCUT2D eigenvalue weighted by Crippen LogP contribution is 2.22. The van der Waals surface area contributed by atoms with Gasteiger partial charge in [0.1, 0.15) is 11.7 Å². The van der Waals surface area contributed by atoms with Gasteiger partial charge >= 0.3 is 4.47 Å². The molecule has 0 spiro atoms. The quantitative estimate of drug-likeness (QED) is 0.554. The minimum atomic E-state index is 0.825. The van der Waals surface area contributed by atoms with E-state index in [2.05, 4.69) is 12.1 Å². The molecule has 0 radical (unpaired) electrons. The normalized spacial score (nSPS) is 10.7. The molecule has 0 fully saturated rings. The predicted octanol–water partition coefficient (Wildman–Crippen LogP) is 2.38. The highest BCUT2D eigenvalue weighted by atomic mass is 35.5. The standard InChI is InChI=1S/C8H7ClNS/c1-10-6-4-2-3-5-7(6)11-8(10)9/h2-5H,1H3/q+1. The summed E-state index contributed by atoms with van der Waals surface area (Å²) >= 11 is 7.54. The zero-order chi connectivity index (χ0) is 7.84. The second kappa shape index (κ2) is 2.47. The number of rotatable bonds is 0. The van der Waals surface area contributed by atoms with Gasteiger partial charge in [-0.2, -0.15) is 4.57 Å². The van der Waals surface area contributed by atoms with Gasteiger partial charge in [0.05, 0.1) is 0 Å². The molecule has 0 saturated carbocycles. The van der Waals surface area contributed by atoms with Crippen molar-refractivity contribution in [3.8, 4) is 0 Å². The van der Waals surface area contributed by atoms with Crippen molar-refractivity contribution in [2.45, 2.75) is 0 Å². The molecule has 0 aliphatic heterocycles. The number of benzene rings is 1. The Morgan fingerprint density at radius 1 is 1.36 bits per heavy atom. The number of aromatic nitrogens is 1. The largest absolute Gasteiger partial charge is 0.333 e. The lowest BCUT2D eigenvalue weighted by atomic mass is 10.3. The molecule has 0 unspecified atom stereocenters. The first-order valence-electron chi connectivity index (χ1n) is 3.32. The minimum Gasteiger partial charge on any atom is -0.174 e. The number of hydrogen-bond donors (Lipinski definition) is 0. The Balaban J connectivity index is 2.92. The molecule has 1 heterocycles. The zero-order valence-corrected chi connectivity index (χ0v) is 7.62. The van der Waals surface area contributed by atoms with E-state index in [1.54, 1.807) is 11.3 Å². The Morgan fingerprint density at radius 2 is 2.09 bits per heavy atom. The molecule has 0 atom stereocenters. The third-order valence-corrected chi connectivity index (χ3v) is 3.18. The van der Waals surface area contributed by atoms with Gasteiger partial charge in [-0.1, -0.05) is 12.1 Å². The van der Waals surface area contributed by atoms with Crippen LogP contribution in [-0.2, 0) is 7.05 Å². The Kier molecular flexibility index (Phi) is 1.59. The Morgan fingerprint density at radius 3 is 2.82 bits per heavy atom. The average molecular weight is 185 g/mol. The van der Waals surface area contributed by atoms with Gasteiger partial charge in [0.15, 0.2) is 0 Å². The summed E-state index contributed by atoms with van der Waals surface area (Å²) < 4.78 is 4.05. The summed E-state index contributed by atoms with van der Waals surface area (Å²) in [4.78, 5) is 0. The van der Waals surface area contributed by atoms with Crippen molar-refractivity contribution in [2.24, 2.45) is 7.05 Å². The minimum absolute atomic E-state index is 0.825. The number of thiazole rings is 1. The van der Waals surface area contributed by atoms with Gasteiger partial charge in [0.2, 0.25) is 5.52 Å². The van der Waals surface area contributed by atoms with Crippen LogP contribution in [-0.4, -0.2) is 0 Å². The molecule has 0 amide bonds. The number of nitrogens with zero attached hydrogens (tertiary/aromatic N) is 1. The van der Waals surface area contributed by atoms with Gasteiger partial charge < -0.3 is 0 Å². The van der Waals surface area contributed by atoms with Crippen LogP contribution in [0, 0.1) is 0 Å². The maximum atomic E-state index is 5.93. The second-order valence-corrected chi connectivity index (χ2v) is 3.99. The Bertz CT molecular complexity index is 394. The summed E-state index contributed by atoms with van der Waals surface area (Å²) in [5, 5.41) is 0. The summed E-state index contributed by atoms with van der Waals surface area (Å²) in [6.07, 6.45) is 0. The van der Waals surface area contributed by atoms with Crippen LogP contribution in [0.15, 0.2) is 24.3 Å². The lowest BCUT2D eigenvalue weighted by molar-refractivity contribution is -0.638. The molecular formula is C8H7ClNS+. The molecule has 1 nitrogen and oxygen atoms in total. The molecule has 0 aliphatic rings. The van der Waals surface area contributed by atoms with Crippen LogP contribution in [0.3, 0.4) is 0 Å². The number of para-hydroxylation sites is 1. The van der Waals surface area contributed by atoms with E-state index in [1.807, 2.05) is 23.7 Å². The third-order valence-electron chi connectivity index (χ3n) is 1.68. The van der Waals surface area contributed by atoms with E-state index in [0.29, 0.717) is 0 Å². The first-order chi connectivity index (χ1) is 5.29. The van der Waals surface area contributed by atoms with Gasteiger partial charge in [-0.25, -0.2) is 0 Å². The van der Waals surface area contributed by atoms with Gasteiger partial charge in [-0.3, -0.25) is 0 Å². The number of halogens is 1. The monoisotopic (exact) mass is 184 g/mol. The van der Waals surface area contributed by atoms with E-state index in [9.17, 15) is 0 Å². The van der Waals surface area contributed by atoms with E-state index in [1.165, 1.54) is 10.2 Å². The maximum Gasteiger partial charge on any atom is 0.333 e. The van der Waals surface area contributed by atoms with Gasteiger partial charge in [0.25, 0.3) is 0 Å². The number of aryl methyl sites for hydroxylation is 1. The molecular weight excluding hydrogens is 178 g/mol. The van der Waals surface area contributed by atoms with Gasteiger partial charge in [-0.15, -0.1) is 0 Å². The molecule has 0 saturated heterocycles. The number of fused-ring (bicyclic) bond motifs is 1. The Hall–Kier alpha value is -0.600. The highest BCUT2D eigenvalue weighted by molar-refractivity contribution is 7.21. The van der Waals surface area contributed by atoms with Crippen LogP contribution in [0.5, 0.6) is 0 Å².